The van der Waals surface area contributed by atoms with Crippen molar-refractivity contribution in [3.05, 3.63) is 70.7 Å². The molecule has 2 N–H and O–H groups in total. The second-order valence-electron chi connectivity index (χ2n) is 6.08. The largest absolute Gasteiger partial charge is 1.00 e. The molecule has 0 radical (unpaired) electrons. The smallest absolute Gasteiger partial charge is 0.101 e. The summed E-state index contributed by atoms with van der Waals surface area (Å²) >= 11 is 5.97. The van der Waals surface area contributed by atoms with Crippen molar-refractivity contribution in [2.45, 2.75) is 12.0 Å². The van der Waals surface area contributed by atoms with E-state index in [0.29, 0.717) is 5.02 Å². The fraction of sp³-hybridized carbons (Fsp3) is 0.368. The van der Waals surface area contributed by atoms with E-state index in [2.05, 4.69) is 12.1 Å². The molecular formula is C19H23Cl2NO2. The number of halogens is 2. The van der Waals surface area contributed by atoms with E-state index in [1.807, 2.05) is 42.5 Å². The minimum atomic E-state index is -0.537. The number of morpholine rings is 1. The van der Waals surface area contributed by atoms with Crippen LogP contribution in [0.25, 0.3) is 0 Å². The van der Waals surface area contributed by atoms with Gasteiger partial charge >= 0.3 is 0 Å². The van der Waals surface area contributed by atoms with E-state index in [-0.39, 0.29) is 18.3 Å². The molecule has 0 aromatic heterocycles. The molecular weight excluding hydrogens is 345 g/mol. The van der Waals surface area contributed by atoms with Crippen molar-refractivity contribution >= 4 is 11.6 Å². The third kappa shape index (κ3) is 4.95. The Labute approximate surface area is 154 Å². The maximum Gasteiger partial charge on any atom is 0.101 e. The Morgan fingerprint density at radius 3 is 2.21 bits per heavy atom. The average molecular weight is 368 g/mol. The number of hydrogen-bond donors (Lipinski definition) is 2. The van der Waals surface area contributed by atoms with Crippen LogP contribution in [0.1, 0.15) is 23.1 Å². The Bertz CT molecular complexity index is 601. The first-order valence-corrected chi connectivity index (χ1v) is 8.51. The van der Waals surface area contributed by atoms with Crippen LogP contribution in [0, 0.1) is 0 Å². The van der Waals surface area contributed by atoms with Gasteiger partial charge in [0.2, 0.25) is 0 Å². The SMILES string of the molecule is OC(c1ccc(Cl)cc1)C(C[NH+]1CCOCC1)c1ccccc1.[Cl-]. The van der Waals surface area contributed by atoms with Crippen LogP contribution in [0.4, 0.5) is 0 Å². The van der Waals surface area contributed by atoms with Crippen LogP contribution in [-0.4, -0.2) is 38.0 Å². The van der Waals surface area contributed by atoms with Crippen LogP contribution in [0.15, 0.2) is 54.6 Å². The molecule has 2 unspecified atom stereocenters. The number of rotatable bonds is 5. The molecule has 0 spiro atoms. The zero-order chi connectivity index (χ0) is 16.1. The highest BCUT2D eigenvalue weighted by Gasteiger charge is 2.28. The summed E-state index contributed by atoms with van der Waals surface area (Å²) in [6.45, 7) is 4.49. The van der Waals surface area contributed by atoms with Crippen LogP contribution in [0.5, 0.6) is 0 Å². The summed E-state index contributed by atoms with van der Waals surface area (Å²) in [5.74, 6) is 0.0606. The zero-order valence-corrected chi connectivity index (χ0v) is 15.0. The number of ether oxygens (including phenoxy) is 1. The van der Waals surface area contributed by atoms with E-state index >= 15 is 0 Å². The molecule has 1 aliphatic heterocycles. The fourth-order valence-electron chi connectivity index (χ4n) is 3.18. The molecule has 3 nitrogen and oxygen atoms in total. The Balaban J connectivity index is 0.00000208. The molecule has 3 rings (SSSR count). The van der Waals surface area contributed by atoms with E-state index in [4.69, 9.17) is 16.3 Å². The van der Waals surface area contributed by atoms with Crippen molar-refractivity contribution in [2.75, 3.05) is 32.8 Å². The minimum absolute atomic E-state index is 0. The summed E-state index contributed by atoms with van der Waals surface area (Å²) in [6.07, 6.45) is -0.537. The van der Waals surface area contributed by atoms with Crippen molar-refractivity contribution in [3.8, 4) is 0 Å². The van der Waals surface area contributed by atoms with Crippen molar-refractivity contribution in [3.63, 3.8) is 0 Å². The summed E-state index contributed by atoms with van der Waals surface area (Å²) in [4.78, 5) is 1.48. The number of nitrogens with one attached hydrogen (secondary N) is 1. The van der Waals surface area contributed by atoms with E-state index < -0.39 is 6.10 Å². The number of quaternary nitrogens is 1. The van der Waals surface area contributed by atoms with Crippen LogP contribution < -0.4 is 17.3 Å². The molecule has 130 valence electrons. The molecule has 0 bridgehead atoms. The molecule has 1 aliphatic rings. The second-order valence-corrected chi connectivity index (χ2v) is 6.52. The molecule has 0 aliphatic carbocycles. The van der Waals surface area contributed by atoms with Crippen LogP contribution in [0.3, 0.4) is 0 Å². The van der Waals surface area contributed by atoms with E-state index in [1.165, 1.54) is 10.5 Å². The Kier molecular flexibility index (Phi) is 7.53. The molecule has 2 aromatic carbocycles. The highest BCUT2D eigenvalue weighted by molar-refractivity contribution is 6.30. The van der Waals surface area contributed by atoms with Gasteiger partial charge in [-0.2, -0.15) is 0 Å². The molecule has 0 saturated carbocycles. The van der Waals surface area contributed by atoms with Gasteiger partial charge in [0.15, 0.2) is 0 Å². The normalized spacial score (nSPS) is 17.8. The molecule has 2 aromatic rings. The molecule has 2 atom stereocenters. The summed E-state index contributed by atoms with van der Waals surface area (Å²) in [6, 6.07) is 17.8. The Morgan fingerprint density at radius 2 is 1.58 bits per heavy atom. The average Bonchev–Trinajstić information content (AvgIpc) is 2.61. The molecule has 1 heterocycles. The van der Waals surface area contributed by atoms with Gasteiger partial charge in [0.25, 0.3) is 0 Å². The zero-order valence-electron chi connectivity index (χ0n) is 13.5. The number of hydrogen-bond acceptors (Lipinski definition) is 2. The molecule has 0 amide bonds. The lowest BCUT2D eigenvalue weighted by Gasteiger charge is -2.30. The second kappa shape index (κ2) is 9.40. The van der Waals surface area contributed by atoms with Gasteiger partial charge in [0.1, 0.15) is 13.1 Å². The standard InChI is InChI=1S/C19H22ClNO2.ClH/c20-17-8-6-16(7-9-17)19(22)18(15-4-2-1-3-5-15)14-21-10-12-23-13-11-21;/h1-9,18-19,22H,10-14H2;1H. The highest BCUT2D eigenvalue weighted by Crippen LogP contribution is 2.30. The highest BCUT2D eigenvalue weighted by atomic mass is 35.5. The van der Waals surface area contributed by atoms with Crippen LogP contribution in [-0.2, 0) is 4.74 Å². The molecule has 1 fully saturated rings. The van der Waals surface area contributed by atoms with Gasteiger partial charge < -0.3 is 27.2 Å². The van der Waals surface area contributed by atoms with Gasteiger partial charge in [-0.3, -0.25) is 0 Å². The number of aliphatic hydroxyl groups excluding tert-OH is 1. The van der Waals surface area contributed by atoms with Gasteiger partial charge in [0, 0.05) is 5.02 Å². The van der Waals surface area contributed by atoms with E-state index in [9.17, 15) is 5.11 Å². The number of aliphatic hydroxyl groups is 1. The van der Waals surface area contributed by atoms with Crippen molar-refractivity contribution in [2.24, 2.45) is 0 Å². The predicted octanol–water partition coefficient (Wildman–Crippen LogP) is -0.924. The topological polar surface area (TPSA) is 33.9 Å². The first-order valence-electron chi connectivity index (χ1n) is 8.14. The molecule has 5 heteroatoms. The Hall–Kier alpha value is -1.10. The van der Waals surface area contributed by atoms with E-state index in [1.54, 1.807) is 0 Å². The van der Waals surface area contributed by atoms with Crippen molar-refractivity contribution in [1.82, 2.24) is 0 Å². The lowest BCUT2D eigenvalue weighted by atomic mass is 9.88. The summed E-state index contributed by atoms with van der Waals surface area (Å²) in [5.41, 5.74) is 2.09. The summed E-state index contributed by atoms with van der Waals surface area (Å²) < 4.78 is 5.45. The molecule has 24 heavy (non-hydrogen) atoms. The third-order valence-corrected chi connectivity index (χ3v) is 4.78. The van der Waals surface area contributed by atoms with Gasteiger partial charge in [-0.05, 0) is 23.3 Å². The predicted molar refractivity (Wildman–Crippen MR) is 92.0 cm³/mol. The van der Waals surface area contributed by atoms with Gasteiger partial charge in [-0.25, -0.2) is 0 Å². The van der Waals surface area contributed by atoms with Gasteiger partial charge in [-0.1, -0.05) is 54.1 Å². The first-order chi connectivity index (χ1) is 11.2. The quantitative estimate of drug-likeness (QED) is 0.716. The maximum atomic E-state index is 11.0. The van der Waals surface area contributed by atoms with Crippen molar-refractivity contribution < 1.29 is 27.2 Å². The number of benzene rings is 2. The third-order valence-electron chi connectivity index (χ3n) is 4.53. The first kappa shape index (κ1) is 19.2. The molecule has 1 saturated heterocycles. The summed E-state index contributed by atoms with van der Waals surface area (Å²) in [5, 5.41) is 11.7. The lowest BCUT2D eigenvalue weighted by Crippen LogP contribution is -3.14. The monoisotopic (exact) mass is 367 g/mol. The van der Waals surface area contributed by atoms with Crippen molar-refractivity contribution in [1.29, 1.82) is 0 Å². The lowest BCUT2D eigenvalue weighted by molar-refractivity contribution is -0.909. The van der Waals surface area contributed by atoms with Gasteiger partial charge in [-0.15, -0.1) is 0 Å². The van der Waals surface area contributed by atoms with Crippen LogP contribution >= 0.6 is 11.6 Å². The van der Waals surface area contributed by atoms with Crippen LogP contribution in [0.2, 0.25) is 5.02 Å². The Morgan fingerprint density at radius 1 is 0.958 bits per heavy atom. The summed E-state index contributed by atoms with van der Waals surface area (Å²) in [7, 11) is 0. The maximum absolute atomic E-state index is 11.0. The van der Waals surface area contributed by atoms with E-state index in [0.717, 1.165) is 38.4 Å². The minimum Gasteiger partial charge on any atom is -1.00 e. The van der Waals surface area contributed by atoms with Gasteiger partial charge in [0.05, 0.1) is 31.8 Å². The fourth-order valence-corrected chi connectivity index (χ4v) is 3.31.